The quantitative estimate of drug-likeness (QED) is 0.132. The fourth-order valence-electron chi connectivity index (χ4n) is 4.67. The van der Waals surface area contributed by atoms with Gasteiger partial charge in [0.25, 0.3) is 5.91 Å². The van der Waals surface area contributed by atoms with Gasteiger partial charge in [0, 0.05) is 27.9 Å². The molecule has 14 heteroatoms. The molecule has 0 aliphatic heterocycles. The molecule has 0 fully saturated rings. The van der Waals surface area contributed by atoms with Crippen LogP contribution in [0.25, 0.3) is 11.1 Å². The summed E-state index contributed by atoms with van der Waals surface area (Å²) in [4.78, 5) is 50.4. The number of hydrogen-bond donors (Lipinski definition) is 4. The van der Waals surface area contributed by atoms with Gasteiger partial charge in [0.2, 0.25) is 0 Å². The molecule has 0 saturated heterocycles. The van der Waals surface area contributed by atoms with Crippen molar-refractivity contribution in [1.29, 1.82) is 0 Å². The van der Waals surface area contributed by atoms with E-state index in [0.29, 0.717) is 18.2 Å². The topological polar surface area (TPSA) is 133 Å². The molecule has 1 amide bonds. The summed E-state index contributed by atoms with van der Waals surface area (Å²) in [5.41, 5.74) is -9.57. The number of carbonyl (C=O) groups excluding carboxylic acids is 2. The minimum absolute atomic E-state index is 0.0225. The minimum Gasteiger partial charge on any atom is -0.478 e. The van der Waals surface area contributed by atoms with Crippen LogP contribution in [-0.2, 0) is 12.4 Å². The Bertz CT molecular complexity index is 1750. The van der Waals surface area contributed by atoms with Crippen molar-refractivity contribution < 1.29 is 55.7 Å². The first-order valence-electron chi connectivity index (χ1n) is 14.1. The molecule has 0 unspecified atom stereocenters. The number of anilines is 2. The Hall–Kier alpha value is -4.88. The van der Waals surface area contributed by atoms with Crippen molar-refractivity contribution in [1.82, 2.24) is 0 Å². The number of nitrogens with one attached hydrogen (secondary N) is 2. The van der Waals surface area contributed by atoms with Gasteiger partial charge in [0.15, 0.2) is 5.78 Å². The number of alkyl halides is 6. The molecule has 0 saturated carbocycles. The van der Waals surface area contributed by atoms with Crippen LogP contribution in [0.5, 0.6) is 0 Å². The fourth-order valence-corrected chi connectivity index (χ4v) is 4.67. The number of halogens is 6. The Morgan fingerprint density at radius 2 is 1.06 bits per heavy atom. The summed E-state index contributed by atoms with van der Waals surface area (Å²) in [6.07, 6.45) is -10.0. The summed E-state index contributed by atoms with van der Waals surface area (Å²) in [6, 6.07) is 6.21. The number of carboxylic acids is 2. The van der Waals surface area contributed by atoms with E-state index in [1.54, 1.807) is 27.7 Å². The number of carbonyl (C=O) groups is 4. The highest BCUT2D eigenvalue weighted by Gasteiger charge is 2.39. The highest BCUT2D eigenvalue weighted by atomic mass is 19.4. The van der Waals surface area contributed by atoms with Crippen LogP contribution in [0, 0.1) is 5.41 Å². The van der Waals surface area contributed by atoms with E-state index in [1.165, 1.54) is 19.9 Å². The molecule has 4 N–H and O–H groups in total. The van der Waals surface area contributed by atoms with Crippen molar-refractivity contribution in [3.8, 4) is 11.1 Å². The smallest absolute Gasteiger partial charge is 0.417 e. The maximum atomic E-state index is 14.3. The Morgan fingerprint density at radius 3 is 1.49 bits per heavy atom. The molecule has 0 aliphatic rings. The van der Waals surface area contributed by atoms with Gasteiger partial charge >= 0.3 is 24.3 Å². The van der Waals surface area contributed by atoms with Crippen LogP contribution in [0.4, 0.5) is 37.7 Å². The molecule has 0 aliphatic carbocycles. The van der Waals surface area contributed by atoms with E-state index in [2.05, 4.69) is 10.6 Å². The van der Waals surface area contributed by atoms with Gasteiger partial charge in [-0.15, -0.1) is 0 Å². The van der Waals surface area contributed by atoms with Crippen LogP contribution in [-0.4, -0.2) is 39.4 Å². The number of Topliss-reactive ketones (excluding diaryl/α,β-unsaturated/α-hetero) is 1. The molecular weight excluding hydrogens is 634 g/mol. The first-order valence-corrected chi connectivity index (χ1v) is 14.1. The van der Waals surface area contributed by atoms with E-state index in [1.807, 2.05) is 0 Å². The van der Waals surface area contributed by atoms with Crippen LogP contribution in [0.1, 0.15) is 101 Å². The number of ketones is 1. The third-order valence-electron chi connectivity index (χ3n) is 7.32. The third kappa shape index (κ3) is 8.29. The van der Waals surface area contributed by atoms with Gasteiger partial charge in [-0.25, -0.2) is 9.59 Å². The number of amides is 1. The van der Waals surface area contributed by atoms with Crippen molar-refractivity contribution in [2.45, 2.75) is 65.9 Å². The van der Waals surface area contributed by atoms with Crippen molar-refractivity contribution in [3.63, 3.8) is 0 Å². The second-order valence-electron chi connectivity index (χ2n) is 12.5. The Labute approximate surface area is 265 Å². The largest absolute Gasteiger partial charge is 0.478 e. The van der Waals surface area contributed by atoms with Crippen molar-refractivity contribution in [2.24, 2.45) is 5.41 Å². The fraction of sp³-hybridized carbons (Fsp3) is 0.333. The van der Waals surface area contributed by atoms with Crippen molar-refractivity contribution in [2.75, 3.05) is 10.6 Å². The summed E-state index contributed by atoms with van der Waals surface area (Å²) in [6.45, 7) is 9.72. The molecule has 252 valence electrons. The molecule has 0 atom stereocenters. The van der Waals surface area contributed by atoms with Gasteiger partial charge in [-0.1, -0.05) is 32.9 Å². The summed E-state index contributed by atoms with van der Waals surface area (Å²) in [7, 11) is 0. The molecule has 0 radical (unpaired) electrons. The van der Waals surface area contributed by atoms with E-state index in [-0.39, 0.29) is 12.1 Å². The lowest BCUT2D eigenvalue weighted by molar-refractivity contribution is -0.139. The second kappa shape index (κ2) is 12.7. The Morgan fingerprint density at radius 1 is 0.638 bits per heavy atom. The third-order valence-corrected chi connectivity index (χ3v) is 7.32. The minimum atomic E-state index is -5.21. The van der Waals surface area contributed by atoms with Gasteiger partial charge in [-0.3, -0.25) is 9.59 Å². The maximum absolute atomic E-state index is 14.3. The zero-order valence-electron chi connectivity index (χ0n) is 26.1. The summed E-state index contributed by atoms with van der Waals surface area (Å²) in [5, 5.41) is 24.3. The summed E-state index contributed by atoms with van der Waals surface area (Å²) in [5.74, 6) is -5.45. The first kappa shape index (κ1) is 36.6. The van der Waals surface area contributed by atoms with E-state index in [4.69, 9.17) is 0 Å². The highest BCUT2D eigenvalue weighted by molar-refractivity contribution is 6.16. The van der Waals surface area contributed by atoms with Crippen molar-refractivity contribution >= 4 is 35.0 Å². The number of benzene rings is 3. The molecule has 0 bridgehead atoms. The van der Waals surface area contributed by atoms with E-state index in [9.17, 15) is 55.7 Å². The molecular formula is C33H32F6N2O6. The molecule has 0 heterocycles. The predicted molar refractivity (Wildman–Crippen MR) is 162 cm³/mol. The Kier molecular flexibility index (Phi) is 9.91. The first-order chi connectivity index (χ1) is 21.4. The average Bonchev–Trinajstić information content (AvgIpc) is 2.94. The molecule has 47 heavy (non-hydrogen) atoms. The maximum Gasteiger partial charge on any atom is 0.417 e. The van der Waals surface area contributed by atoms with Gasteiger partial charge in [0.1, 0.15) is 0 Å². The summed E-state index contributed by atoms with van der Waals surface area (Å²) >= 11 is 0. The molecule has 3 rings (SSSR count). The van der Waals surface area contributed by atoms with Crippen LogP contribution < -0.4 is 10.6 Å². The van der Waals surface area contributed by atoms with Crippen LogP contribution in [0.15, 0.2) is 48.5 Å². The normalized spacial score (nSPS) is 12.4. The van der Waals surface area contributed by atoms with E-state index < -0.39 is 97.1 Å². The second-order valence-corrected chi connectivity index (χ2v) is 12.5. The van der Waals surface area contributed by atoms with Crippen LogP contribution in [0.3, 0.4) is 0 Å². The van der Waals surface area contributed by atoms with Gasteiger partial charge in [0.05, 0.1) is 27.8 Å². The average molecular weight is 667 g/mol. The number of carboxylic acid groups (broad SMARTS) is 2. The SMILES string of the molecule is CCC(C)(C)C(=O)c1cc(C(=O)Nc2ccc(-c3ccc(NC(C)(C)C)cc3C(F)(F)F)c(C(F)(F)F)c2)c(C(=O)O)cc1C(=O)O. The highest BCUT2D eigenvalue weighted by Crippen LogP contribution is 2.44. The molecule has 3 aromatic rings. The summed E-state index contributed by atoms with van der Waals surface area (Å²) < 4.78 is 85.2. The number of hydrogen-bond acceptors (Lipinski definition) is 5. The molecule has 3 aromatic carbocycles. The molecule has 8 nitrogen and oxygen atoms in total. The van der Waals surface area contributed by atoms with Crippen LogP contribution in [0.2, 0.25) is 0 Å². The molecule has 0 aromatic heterocycles. The lowest BCUT2D eigenvalue weighted by atomic mass is 9.79. The zero-order chi connectivity index (χ0) is 35.9. The predicted octanol–water partition coefficient (Wildman–Crippen LogP) is 8.87. The van der Waals surface area contributed by atoms with E-state index in [0.717, 1.165) is 24.3 Å². The van der Waals surface area contributed by atoms with Gasteiger partial charge in [-0.2, -0.15) is 26.3 Å². The lowest BCUT2D eigenvalue weighted by Crippen LogP contribution is -2.27. The molecule has 0 spiro atoms. The zero-order valence-corrected chi connectivity index (χ0v) is 26.1. The Balaban J connectivity index is 2.18. The standard InChI is InChI=1S/C33H32F6N2O6/c1-7-31(5,6)26(42)20-14-21(23(29(46)47)15-22(20)28(44)45)27(43)40-16-8-10-18(24(12-16)32(34,35)36)19-11-9-17(41-30(2,3)4)13-25(19)33(37,38)39/h8-15,41H,7H2,1-6H3,(H,40,43)(H,44,45)(H,46,47). The van der Waals surface area contributed by atoms with Gasteiger partial charge < -0.3 is 20.8 Å². The lowest BCUT2D eigenvalue weighted by Gasteiger charge is -2.24. The van der Waals surface area contributed by atoms with Crippen LogP contribution >= 0.6 is 0 Å². The number of rotatable bonds is 9. The van der Waals surface area contributed by atoms with Crippen molar-refractivity contribution in [3.05, 3.63) is 81.9 Å². The van der Waals surface area contributed by atoms with Gasteiger partial charge in [-0.05, 0) is 74.7 Å². The van der Waals surface area contributed by atoms with E-state index >= 15 is 0 Å². The number of aromatic carboxylic acids is 2. The monoisotopic (exact) mass is 666 g/mol.